The van der Waals surface area contributed by atoms with E-state index in [0.717, 1.165) is 32.1 Å². The highest BCUT2D eigenvalue weighted by molar-refractivity contribution is 5.20. The van der Waals surface area contributed by atoms with Gasteiger partial charge in [-0.3, -0.25) is 0 Å². The summed E-state index contributed by atoms with van der Waals surface area (Å²) >= 11 is 0. The summed E-state index contributed by atoms with van der Waals surface area (Å²) in [5.41, 5.74) is 1.42. The van der Waals surface area contributed by atoms with Crippen molar-refractivity contribution in [1.29, 1.82) is 0 Å². The Morgan fingerprint density at radius 3 is 2.57 bits per heavy atom. The van der Waals surface area contributed by atoms with Gasteiger partial charge in [-0.2, -0.15) is 0 Å². The van der Waals surface area contributed by atoms with Crippen LogP contribution in [0.15, 0.2) is 30.3 Å². The summed E-state index contributed by atoms with van der Waals surface area (Å²) < 4.78 is 11.2. The van der Waals surface area contributed by atoms with Crippen molar-refractivity contribution < 1.29 is 9.47 Å². The first-order valence-electron chi connectivity index (χ1n) is 8.22. The molecule has 0 spiro atoms. The van der Waals surface area contributed by atoms with Gasteiger partial charge < -0.3 is 14.8 Å². The molecule has 1 aliphatic carbocycles. The van der Waals surface area contributed by atoms with Crippen LogP contribution in [0.3, 0.4) is 0 Å². The third kappa shape index (κ3) is 3.65. The summed E-state index contributed by atoms with van der Waals surface area (Å²) in [6.07, 6.45) is 6.12. The fourth-order valence-electron chi connectivity index (χ4n) is 3.65. The minimum Gasteiger partial charge on any atom is -0.378 e. The van der Waals surface area contributed by atoms with Gasteiger partial charge in [0.1, 0.15) is 5.60 Å². The topological polar surface area (TPSA) is 30.5 Å². The van der Waals surface area contributed by atoms with Crippen LogP contribution in [0.1, 0.15) is 43.6 Å². The highest BCUT2D eigenvalue weighted by atomic mass is 16.5. The lowest BCUT2D eigenvalue weighted by Crippen LogP contribution is -2.47. The Morgan fingerprint density at radius 2 is 1.95 bits per heavy atom. The normalized spacial score (nSPS) is 33.2. The molecule has 1 saturated carbocycles. The van der Waals surface area contributed by atoms with Crippen LogP contribution >= 0.6 is 0 Å². The smallest absolute Gasteiger partial charge is 0.106 e. The maximum Gasteiger partial charge on any atom is 0.106 e. The molecule has 1 aromatic carbocycles. The summed E-state index contributed by atoms with van der Waals surface area (Å²) in [6.45, 7) is 2.48. The van der Waals surface area contributed by atoms with E-state index in [1.807, 2.05) is 7.11 Å². The predicted molar refractivity (Wildman–Crippen MR) is 84.6 cm³/mol. The lowest BCUT2D eigenvalue weighted by atomic mass is 9.81. The fourth-order valence-corrected chi connectivity index (χ4v) is 3.65. The van der Waals surface area contributed by atoms with Gasteiger partial charge >= 0.3 is 0 Å². The van der Waals surface area contributed by atoms with Crippen LogP contribution in [-0.2, 0) is 9.47 Å². The maximum atomic E-state index is 5.69. The molecule has 0 aromatic heterocycles. The van der Waals surface area contributed by atoms with Crippen LogP contribution in [0, 0.1) is 0 Å². The van der Waals surface area contributed by atoms with Crippen molar-refractivity contribution in [2.24, 2.45) is 0 Å². The Hall–Kier alpha value is -0.900. The average molecular weight is 289 g/mol. The van der Waals surface area contributed by atoms with Gasteiger partial charge in [-0.15, -0.1) is 0 Å². The number of hydrogen-bond donors (Lipinski definition) is 1. The Balaban J connectivity index is 1.46. The molecule has 0 radical (unpaired) electrons. The van der Waals surface area contributed by atoms with Crippen LogP contribution in [0.4, 0.5) is 0 Å². The summed E-state index contributed by atoms with van der Waals surface area (Å²) in [4.78, 5) is 0. The van der Waals surface area contributed by atoms with Gasteiger partial charge in [0.2, 0.25) is 0 Å². The van der Waals surface area contributed by atoms with Crippen molar-refractivity contribution >= 4 is 0 Å². The molecule has 3 rings (SSSR count). The van der Waals surface area contributed by atoms with E-state index in [9.17, 15) is 0 Å². The number of hydrogen-bond acceptors (Lipinski definition) is 3. The van der Waals surface area contributed by atoms with Gasteiger partial charge in [0.05, 0.1) is 6.61 Å². The summed E-state index contributed by atoms with van der Waals surface area (Å²) in [5, 5.41) is 3.72. The molecule has 1 N–H and O–H groups in total. The number of benzene rings is 1. The van der Waals surface area contributed by atoms with Gasteiger partial charge in [-0.05, 0) is 37.2 Å². The molecule has 1 aromatic rings. The molecular formula is C18H27NO2. The minimum atomic E-state index is -0.0870. The molecule has 0 bridgehead atoms. The summed E-state index contributed by atoms with van der Waals surface area (Å²) in [5.74, 6) is 0.746. The highest BCUT2D eigenvalue weighted by Crippen LogP contribution is 2.33. The van der Waals surface area contributed by atoms with Gasteiger partial charge in [-0.25, -0.2) is 0 Å². The number of rotatable bonds is 5. The van der Waals surface area contributed by atoms with Crippen molar-refractivity contribution in [2.45, 2.75) is 49.7 Å². The second-order valence-corrected chi connectivity index (χ2v) is 6.53. The van der Waals surface area contributed by atoms with E-state index in [1.165, 1.54) is 31.2 Å². The Kier molecular flexibility index (Phi) is 4.94. The minimum absolute atomic E-state index is 0.0870. The second-order valence-electron chi connectivity index (χ2n) is 6.53. The van der Waals surface area contributed by atoms with Crippen molar-refractivity contribution in [2.75, 3.05) is 26.9 Å². The number of ether oxygens (including phenoxy) is 2. The average Bonchev–Trinajstić information content (AvgIpc) is 3.04. The number of nitrogens with one attached hydrogen (secondary N) is 1. The summed E-state index contributed by atoms with van der Waals surface area (Å²) in [6, 6.07) is 11.6. The van der Waals surface area contributed by atoms with E-state index in [2.05, 4.69) is 35.6 Å². The fraction of sp³-hybridized carbons (Fsp3) is 0.667. The molecule has 1 unspecified atom stereocenters. The van der Waals surface area contributed by atoms with Crippen molar-refractivity contribution in [3.8, 4) is 0 Å². The van der Waals surface area contributed by atoms with Crippen LogP contribution in [0.25, 0.3) is 0 Å². The predicted octanol–water partition coefficient (Wildman–Crippen LogP) is 3.11. The zero-order chi connectivity index (χ0) is 14.5. The first-order valence-corrected chi connectivity index (χ1v) is 8.22. The van der Waals surface area contributed by atoms with Crippen LogP contribution < -0.4 is 5.32 Å². The van der Waals surface area contributed by atoms with Crippen molar-refractivity contribution in [1.82, 2.24) is 5.32 Å². The third-order valence-corrected chi connectivity index (χ3v) is 5.21. The molecular weight excluding hydrogens is 262 g/mol. The molecule has 1 atom stereocenters. The van der Waals surface area contributed by atoms with Crippen LogP contribution in [-0.4, -0.2) is 38.5 Å². The van der Waals surface area contributed by atoms with Crippen molar-refractivity contribution in [3.05, 3.63) is 35.9 Å². The monoisotopic (exact) mass is 289 g/mol. The quantitative estimate of drug-likeness (QED) is 0.903. The zero-order valence-electron chi connectivity index (χ0n) is 13.0. The van der Waals surface area contributed by atoms with Crippen LogP contribution in [0.5, 0.6) is 0 Å². The molecule has 2 fully saturated rings. The molecule has 1 saturated heterocycles. The lowest BCUT2D eigenvalue weighted by Gasteiger charge is -2.33. The SMILES string of the molecule is COC1(CNC2CCC(c3ccccc3)CC2)CCOC1. The van der Waals surface area contributed by atoms with E-state index in [0.29, 0.717) is 6.04 Å². The molecule has 3 heteroatoms. The molecule has 3 nitrogen and oxygen atoms in total. The maximum absolute atomic E-state index is 5.69. The second kappa shape index (κ2) is 6.91. The Bertz CT molecular complexity index is 420. The van der Waals surface area contributed by atoms with Crippen molar-refractivity contribution in [3.63, 3.8) is 0 Å². The van der Waals surface area contributed by atoms with E-state index in [4.69, 9.17) is 9.47 Å². The molecule has 116 valence electrons. The van der Waals surface area contributed by atoms with E-state index in [-0.39, 0.29) is 5.60 Å². The van der Waals surface area contributed by atoms with E-state index >= 15 is 0 Å². The molecule has 0 amide bonds. The molecule has 1 heterocycles. The first kappa shape index (κ1) is 15.0. The summed E-state index contributed by atoms with van der Waals surface area (Å²) in [7, 11) is 1.81. The van der Waals surface area contributed by atoms with Gasteiger partial charge in [-0.1, -0.05) is 30.3 Å². The third-order valence-electron chi connectivity index (χ3n) is 5.21. The molecule has 1 aliphatic heterocycles. The number of methoxy groups -OCH3 is 1. The standard InChI is InChI=1S/C18H27NO2/c1-20-18(11-12-21-14-18)13-19-17-9-7-16(8-10-17)15-5-3-2-4-6-15/h2-6,16-17,19H,7-14H2,1H3. The largest absolute Gasteiger partial charge is 0.378 e. The zero-order valence-corrected chi connectivity index (χ0v) is 13.0. The van der Waals surface area contributed by atoms with Gasteiger partial charge in [0, 0.05) is 32.7 Å². The Morgan fingerprint density at radius 1 is 1.19 bits per heavy atom. The van der Waals surface area contributed by atoms with Gasteiger partial charge in [0.15, 0.2) is 0 Å². The lowest BCUT2D eigenvalue weighted by molar-refractivity contribution is -0.0182. The Labute approximate surface area is 128 Å². The highest BCUT2D eigenvalue weighted by Gasteiger charge is 2.35. The van der Waals surface area contributed by atoms with E-state index in [1.54, 1.807) is 0 Å². The first-order chi connectivity index (χ1) is 10.3. The molecule has 2 aliphatic rings. The van der Waals surface area contributed by atoms with E-state index < -0.39 is 0 Å². The molecule has 21 heavy (non-hydrogen) atoms. The van der Waals surface area contributed by atoms with Crippen LogP contribution in [0.2, 0.25) is 0 Å². The van der Waals surface area contributed by atoms with Gasteiger partial charge in [0.25, 0.3) is 0 Å².